The second-order valence-corrected chi connectivity index (χ2v) is 6.74. The van der Waals surface area contributed by atoms with Crippen LogP contribution in [0.15, 0.2) is 41.3 Å². The summed E-state index contributed by atoms with van der Waals surface area (Å²) in [4.78, 5) is 7.00. The van der Waals surface area contributed by atoms with Crippen molar-refractivity contribution in [2.24, 2.45) is 0 Å². The Labute approximate surface area is 153 Å². The summed E-state index contributed by atoms with van der Waals surface area (Å²) in [7, 11) is 0. The monoisotopic (exact) mass is 403 g/mol. The number of nitrogens with one attached hydrogen (secondary N) is 2. The van der Waals surface area contributed by atoms with Crippen LogP contribution in [0, 0.1) is 5.21 Å². The first-order valence-corrected chi connectivity index (χ1v) is 8.91. The van der Waals surface area contributed by atoms with E-state index >= 15 is 0 Å². The van der Waals surface area contributed by atoms with E-state index in [1.807, 2.05) is 12.1 Å². The van der Waals surface area contributed by atoms with Crippen LogP contribution in [0.3, 0.4) is 0 Å². The van der Waals surface area contributed by atoms with E-state index < -0.39 is 0 Å². The molecule has 3 aromatic heterocycles. The van der Waals surface area contributed by atoms with Crippen LogP contribution >= 0.6 is 15.9 Å². The summed E-state index contributed by atoms with van der Waals surface area (Å²) in [6, 6.07) is 5.66. The van der Waals surface area contributed by atoms with Gasteiger partial charge in [-0.3, -0.25) is 0 Å². The van der Waals surface area contributed by atoms with Crippen LogP contribution in [-0.4, -0.2) is 40.8 Å². The summed E-state index contributed by atoms with van der Waals surface area (Å²) >= 11 is 3.52. The first kappa shape index (κ1) is 16.1. The first-order chi connectivity index (χ1) is 12.2. The zero-order valence-electron chi connectivity index (χ0n) is 13.5. The number of hydrogen-bond donors (Lipinski definition) is 2. The van der Waals surface area contributed by atoms with Gasteiger partial charge in [0.05, 0.1) is 10.7 Å². The Morgan fingerprint density at radius 3 is 3.00 bits per heavy atom. The van der Waals surface area contributed by atoms with Crippen LogP contribution in [0.1, 0.15) is 5.56 Å². The molecule has 8 nitrogen and oxygen atoms in total. The maximum Gasteiger partial charge on any atom is 0.185 e. The molecule has 0 saturated carbocycles. The second kappa shape index (κ2) is 6.85. The SMILES string of the molecule is [O-][n+]1cccc(CNc2cc(N3CCNCC3)nc3c(Br)cnn23)c1. The molecule has 25 heavy (non-hydrogen) atoms. The van der Waals surface area contributed by atoms with Gasteiger partial charge in [0.1, 0.15) is 11.6 Å². The van der Waals surface area contributed by atoms with Crippen LogP contribution in [0.4, 0.5) is 11.6 Å². The number of halogens is 1. The molecule has 0 aliphatic carbocycles. The van der Waals surface area contributed by atoms with Crippen molar-refractivity contribution in [2.45, 2.75) is 6.54 Å². The van der Waals surface area contributed by atoms with Gasteiger partial charge in [0.2, 0.25) is 0 Å². The Hall–Kier alpha value is -2.39. The van der Waals surface area contributed by atoms with Crippen molar-refractivity contribution in [3.8, 4) is 0 Å². The molecule has 1 aliphatic heterocycles. The van der Waals surface area contributed by atoms with Crippen molar-refractivity contribution in [1.29, 1.82) is 0 Å². The minimum absolute atomic E-state index is 0.528. The lowest BCUT2D eigenvalue weighted by atomic mass is 10.3. The lowest BCUT2D eigenvalue weighted by Crippen LogP contribution is -2.44. The predicted molar refractivity (Wildman–Crippen MR) is 98.5 cm³/mol. The molecule has 2 N–H and O–H groups in total. The molecule has 4 heterocycles. The molecule has 0 aromatic carbocycles. The molecule has 0 bridgehead atoms. The Morgan fingerprint density at radius 1 is 1.36 bits per heavy atom. The van der Waals surface area contributed by atoms with Crippen molar-refractivity contribution in [3.05, 3.63) is 52.0 Å². The molecule has 3 aromatic rings. The molecule has 1 fully saturated rings. The van der Waals surface area contributed by atoms with Gasteiger partial charge in [0.25, 0.3) is 0 Å². The lowest BCUT2D eigenvalue weighted by molar-refractivity contribution is -0.605. The quantitative estimate of drug-likeness (QED) is 0.502. The summed E-state index contributed by atoms with van der Waals surface area (Å²) in [5.41, 5.74) is 1.67. The normalized spacial score (nSPS) is 14.8. The van der Waals surface area contributed by atoms with Crippen molar-refractivity contribution in [1.82, 2.24) is 19.9 Å². The van der Waals surface area contributed by atoms with E-state index in [0.29, 0.717) is 6.54 Å². The number of fused-ring (bicyclic) bond motifs is 1. The number of hydrogen-bond acceptors (Lipinski definition) is 6. The molecule has 1 saturated heterocycles. The molecule has 4 rings (SSSR count). The number of nitrogens with zero attached hydrogens (tertiary/aromatic N) is 5. The maximum atomic E-state index is 11.4. The molecule has 9 heteroatoms. The number of piperazine rings is 1. The van der Waals surface area contributed by atoms with Crippen LogP contribution in [0.25, 0.3) is 5.65 Å². The zero-order chi connectivity index (χ0) is 17.2. The van der Waals surface area contributed by atoms with Gasteiger partial charge >= 0.3 is 0 Å². The van der Waals surface area contributed by atoms with Gasteiger partial charge in [-0.25, -0.2) is 4.98 Å². The fourth-order valence-electron chi connectivity index (χ4n) is 2.90. The maximum absolute atomic E-state index is 11.4. The molecule has 0 radical (unpaired) electrons. The average molecular weight is 404 g/mol. The van der Waals surface area contributed by atoms with Gasteiger partial charge < -0.3 is 20.7 Å². The number of anilines is 2. The minimum Gasteiger partial charge on any atom is -0.619 e. The Balaban J connectivity index is 1.66. The van der Waals surface area contributed by atoms with E-state index in [-0.39, 0.29) is 0 Å². The van der Waals surface area contributed by atoms with Crippen LogP contribution < -0.4 is 20.3 Å². The molecule has 130 valence electrons. The third-order valence-electron chi connectivity index (χ3n) is 4.17. The van der Waals surface area contributed by atoms with Gasteiger partial charge in [-0.2, -0.15) is 14.3 Å². The topological polar surface area (TPSA) is 84.4 Å². The lowest BCUT2D eigenvalue weighted by Gasteiger charge is -2.28. The second-order valence-electron chi connectivity index (χ2n) is 5.89. The van der Waals surface area contributed by atoms with Crippen molar-refractivity contribution < 1.29 is 4.73 Å². The van der Waals surface area contributed by atoms with Gasteiger partial charge in [-0.1, -0.05) is 0 Å². The van der Waals surface area contributed by atoms with E-state index in [4.69, 9.17) is 4.98 Å². The smallest absolute Gasteiger partial charge is 0.185 e. The highest BCUT2D eigenvalue weighted by Crippen LogP contribution is 2.24. The third kappa shape index (κ3) is 3.38. The number of pyridine rings is 1. The molecular formula is C16H18BrN7O. The molecule has 0 amide bonds. The summed E-state index contributed by atoms with van der Waals surface area (Å²) in [5, 5.41) is 22.5. The van der Waals surface area contributed by atoms with Crippen molar-refractivity contribution >= 4 is 33.2 Å². The average Bonchev–Trinajstić information content (AvgIpc) is 3.02. The summed E-state index contributed by atoms with van der Waals surface area (Å²) in [5.74, 6) is 1.76. The highest BCUT2D eigenvalue weighted by Gasteiger charge is 2.16. The largest absolute Gasteiger partial charge is 0.619 e. The summed E-state index contributed by atoms with van der Waals surface area (Å²) in [6.45, 7) is 4.26. The van der Waals surface area contributed by atoms with Gasteiger partial charge in [-0.15, -0.1) is 0 Å². The highest BCUT2D eigenvalue weighted by atomic mass is 79.9. The third-order valence-corrected chi connectivity index (χ3v) is 4.73. The minimum atomic E-state index is 0.528. The van der Waals surface area contributed by atoms with E-state index in [1.54, 1.807) is 23.0 Å². The Kier molecular flexibility index (Phi) is 4.41. The summed E-state index contributed by atoms with van der Waals surface area (Å²) in [6.07, 6.45) is 4.77. The molecule has 0 atom stereocenters. The van der Waals surface area contributed by atoms with E-state index in [0.717, 1.165) is 58.2 Å². The molecule has 0 spiro atoms. The molecule has 1 aliphatic rings. The zero-order valence-corrected chi connectivity index (χ0v) is 15.1. The van der Waals surface area contributed by atoms with E-state index in [1.165, 1.54) is 6.20 Å². The predicted octanol–water partition coefficient (Wildman–Crippen LogP) is 1.15. The van der Waals surface area contributed by atoms with Gasteiger partial charge in [0, 0.05) is 50.4 Å². The molecular weight excluding hydrogens is 386 g/mol. The van der Waals surface area contributed by atoms with Gasteiger partial charge in [-0.05, 0) is 22.0 Å². The van der Waals surface area contributed by atoms with Crippen LogP contribution in [-0.2, 0) is 6.54 Å². The Bertz CT molecular complexity index is 891. The van der Waals surface area contributed by atoms with Crippen LogP contribution in [0.2, 0.25) is 0 Å². The number of aromatic nitrogens is 4. The van der Waals surface area contributed by atoms with Crippen molar-refractivity contribution in [2.75, 3.05) is 36.4 Å². The van der Waals surface area contributed by atoms with Crippen LogP contribution in [0.5, 0.6) is 0 Å². The fraction of sp³-hybridized carbons (Fsp3) is 0.312. The molecule has 0 unspecified atom stereocenters. The fourth-order valence-corrected chi connectivity index (χ4v) is 3.25. The number of rotatable bonds is 4. The highest BCUT2D eigenvalue weighted by molar-refractivity contribution is 9.10. The summed E-state index contributed by atoms with van der Waals surface area (Å²) < 4.78 is 3.42. The van der Waals surface area contributed by atoms with Gasteiger partial charge in [0.15, 0.2) is 18.0 Å². The standard InChI is InChI=1S/C16H18BrN7O/c17-13-10-20-24-14(19-9-12-2-1-5-23(25)11-12)8-15(21-16(13)24)22-6-3-18-4-7-22/h1-2,5,8,10-11,18-19H,3-4,6-7,9H2. The van der Waals surface area contributed by atoms with Crippen molar-refractivity contribution in [3.63, 3.8) is 0 Å². The first-order valence-electron chi connectivity index (χ1n) is 8.12. The Morgan fingerprint density at radius 2 is 2.20 bits per heavy atom. The van der Waals surface area contributed by atoms with E-state index in [2.05, 4.69) is 36.6 Å². The van der Waals surface area contributed by atoms with E-state index in [9.17, 15) is 5.21 Å².